The van der Waals surface area contributed by atoms with E-state index in [0.717, 1.165) is 12.1 Å². The standard InChI is InChI=1S/C23H36N2O2/c1-15(2)19-9-11-20(12-10-19)24-22(26)13-16(3)14-23(27)25-21-8-6-7-17(4)18(21)5/h9-12,15-18,21H,6-8,13-14H2,1-5H3,(H,24,26)(H,25,27)/t16-,17+,18+,21+/m0/s1. The molecule has 0 aromatic heterocycles. The second-order valence-corrected chi connectivity index (χ2v) is 8.78. The van der Waals surface area contributed by atoms with Gasteiger partial charge in [-0.05, 0) is 47.8 Å². The summed E-state index contributed by atoms with van der Waals surface area (Å²) in [6, 6.07) is 8.25. The number of hydrogen-bond acceptors (Lipinski definition) is 2. The summed E-state index contributed by atoms with van der Waals surface area (Å²) in [6.45, 7) is 10.8. The summed E-state index contributed by atoms with van der Waals surface area (Å²) in [4.78, 5) is 24.6. The number of carbonyl (C=O) groups is 2. The third-order valence-corrected chi connectivity index (χ3v) is 5.98. The van der Waals surface area contributed by atoms with Gasteiger partial charge < -0.3 is 10.6 Å². The highest BCUT2D eigenvalue weighted by Gasteiger charge is 2.28. The van der Waals surface area contributed by atoms with Crippen molar-refractivity contribution in [3.05, 3.63) is 29.8 Å². The Morgan fingerprint density at radius 2 is 1.63 bits per heavy atom. The zero-order chi connectivity index (χ0) is 20.0. The maximum atomic E-state index is 12.4. The average Bonchev–Trinajstić information content (AvgIpc) is 2.59. The Morgan fingerprint density at radius 1 is 1.00 bits per heavy atom. The van der Waals surface area contributed by atoms with E-state index in [2.05, 4.69) is 38.3 Å². The van der Waals surface area contributed by atoms with Gasteiger partial charge in [0, 0.05) is 24.6 Å². The summed E-state index contributed by atoms with van der Waals surface area (Å²) in [5.41, 5.74) is 2.07. The molecule has 0 saturated heterocycles. The Balaban J connectivity index is 1.76. The van der Waals surface area contributed by atoms with Gasteiger partial charge in [-0.15, -0.1) is 0 Å². The van der Waals surface area contributed by atoms with Crippen LogP contribution in [0.3, 0.4) is 0 Å². The minimum Gasteiger partial charge on any atom is -0.353 e. The molecule has 150 valence electrons. The molecule has 0 aliphatic heterocycles. The van der Waals surface area contributed by atoms with Crippen LogP contribution >= 0.6 is 0 Å². The molecule has 0 unspecified atom stereocenters. The smallest absolute Gasteiger partial charge is 0.224 e. The normalized spacial score (nSPS) is 23.7. The second kappa shape index (κ2) is 9.91. The molecular weight excluding hydrogens is 336 g/mol. The van der Waals surface area contributed by atoms with E-state index in [4.69, 9.17) is 0 Å². The van der Waals surface area contributed by atoms with Crippen molar-refractivity contribution < 1.29 is 9.59 Å². The molecule has 27 heavy (non-hydrogen) atoms. The Labute approximate surface area is 164 Å². The van der Waals surface area contributed by atoms with Crippen molar-refractivity contribution in [2.75, 3.05) is 5.32 Å². The van der Waals surface area contributed by atoms with E-state index in [-0.39, 0.29) is 23.8 Å². The van der Waals surface area contributed by atoms with Gasteiger partial charge in [0.05, 0.1) is 0 Å². The van der Waals surface area contributed by atoms with E-state index in [0.29, 0.717) is 30.6 Å². The molecule has 4 atom stereocenters. The lowest BCUT2D eigenvalue weighted by Gasteiger charge is -2.34. The second-order valence-electron chi connectivity index (χ2n) is 8.78. The van der Waals surface area contributed by atoms with Crippen LogP contribution < -0.4 is 10.6 Å². The highest BCUT2D eigenvalue weighted by molar-refractivity contribution is 5.91. The first-order valence-electron chi connectivity index (χ1n) is 10.5. The van der Waals surface area contributed by atoms with Crippen LogP contribution in [0.25, 0.3) is 0 Å². The lowest BCUT2D eigenvalue weighted by Crippen LogP contribution is -2.44. The van der Waals surface area contributed by atoms with Crippen molar-refractivity contribution in [1.29, 1.82) is 0 Å². The fourth-order valence-corrected chi connectivity index (χ4v) is 3.92. The zero-order valence-electron chi connectivity index (χ0n) is 17.5. The van der Waals surface area contributed by atoms with Gasteiger partial charge in [0.15, 0.2) is 0 Å². The lowest BCUT2D eigenvalue weighted by molar-refractivity contribution is -0.123. The number of nitrogens with one attached hydrogen (secondary N) is 2. The van der Waals surface area contributed by atoms with Crippen molar-refractivity contribution in [2.45, 2.75) is 78.7 Å². The number of rotatable bonds is 7. The molecule has 2 amide bonds. The summed E-state index contributed by atoms with van der Waals surface area (Å²) in [5.74, 6) is 1.72. The first-order valence-corrected chi connectivity index (χ1v) is 10.5. The maximum Gasteiger partial charge on any atom is 0.224 e. The predicted octanol–water partition coefficient (Wildman–Crippen LogP) is 5.11. The third-order valence-electron chi connectivity index (χ3n) is 5.98. The molecule has 4 nitrogen and oxygen atoms in total. The van der Waals surface area contributed by atoms with Crippen LogP contribution in [0, 0.1) is 17.8 Å². The van der Waals surface area contributed by atoms with Gasteiger partial charge in [0.25, 0.3) is 0 Å². The van der Waals surface area contributed by atoms with E-state index < -0.39 is 0 Å². The SMILES string of the molecule is CC(C)c1ccc(NC(=O)C[C@H](C)CC(=O)N[C@@H]2CCC[C@@H](C)[C@H]2C)cc1. The summed E-state index contributed by atoms with van der Waals surface area (Å²) in [5, 5.41) is 6.13. The first kappa shape index (κ1) is 21.5. The van der Waals surface area contributed by atoms with E-state index >= 15 is 0 Å². The molecule has 2 N–H and O–H groups in total. The van der Waals surface area contributed by atoms with Crippen LogP contribution in [0.4, 0.5) is 5.69 Å². The Kier molecular flexibility index (Phi) is 7.88. The van der Waals surface area contributed by atoms with E-state index in [1.165, 1.54) is 18.4 Å². The molecule has 2 rings (SSSR count). The van der Waals surface area contributed by atoms with Gasteiger partial charge in [-0.2, -0.15) is 0 Å². The van der Waals surface area contributed by atoms with Crippen LogP contribution in [0.15, 0.2) is 24.3 Å². The largest absolute Gasteiger partial charge is 0.353 e. The van der Waals surface area contributed by atoms with E-state index in [1.54, 1.807) is 0 Å². The van der Waals surface area contributed by atoms with Gasteiger partial charge in [0.1, 0.15) is 0 Å². The third kappa shape index (κ3) is 6.67. The molecule has 1 aliphatic rings. The average molecular weight is 373 g/mol. The molecule has 4 heteroatoms. The van der Waals surface area contributed by atoms with Crippen molar-refractivity contribution in [2.24, 2.45) is 17.8 Å². The Bertz CT molecular complexity index is 624. The molecule has 0 bridgehead atoms. The number of carbonyl (C=O) groups excluding carboxylic acids is 2. The van der Waals surface area contributed by atoms with Gasteiger partial charge in [-0.3, -0.25) is 9.59 Å². The zero-order valence-corrected chi connectivity index (χ0v) is 17.5. The van der Waals surface area contributed by atoms with Gasteiger partial charge in [0.2, 0.25) is 11.8 Å². The molecule has 1 aliphatic carbocycles. The van der Waals surface area contributed by atoms with Crippen LogP contribution in [-0.2, 0) is 9.59 Å². The van der Waals surface area contributed by atoms with Crippen molar-refractivity contribution in [3.63, 3.8) is 0 Å². The fourth-order valence-electron chi connectivity index (χ4n) is 3.92. The summed E-state index contributed by atoms with van der Waals surface area (Å²) >= 11 is 0. The van der Waals surface area contributed by atoms with Gasteiger partial charge in [-0.25, -0.2) is 0 Å². The summed E-state index contributed by atoms with van der Waals surface area (Å²) in [6.07, 6.45) is 4.26. The quantitative estimate of drug-likeness (QED) is 0.699. The number of anilines is 1. The van der Waals surface area contributed by atoms with Gasteiger partial charge in [-0.1, -0.05) is 59.6 Å². The minimum atomic E-state index is -0.0350. The van der Waals surface area contributed by atoms with Crippen LogP contribution in [0.5, 0.6) is 0 Å². The molecule has 1 aromatic carbocycles. The Morgan fingerprint density at radius 3 is 2.26 bits per heavy atom. The molecule has 1 fully saturated rings. The molecular formula is C23H36N2O2. The van der Waals surface area contributed by atoms with Crippen molar-refractivity contribution in [1.82, 2.24) is 5.32 Å². The molecule has 0 heterocycles. The van der Waals surface area contributed by atoms with E-state index in [9.17, 15) is 9.59 Å². The van der Waals surface area contributed by atoms with Crippen LogP contribution in [-0.4, -0.2) is 17.9 Å². The predicted molar refractivity (Wildman–Crippen MR) is 112 cm³/mol. The number of amides is 2. The monoisotopic (exact) mass is 372 g/mol. The maximum absolute atomic E-state index is 12.4. The molecule has 0 radical (unpaired) electrons. The lowest BCUT2D eigenvalue weighted by atomic mass is 9.78. The molecule has 1 aromatic rings. The highest BCUT2D eigenvalue weighted by Crippen LogP contribution is 2.29. The molecule has 0 spiro atoms. The number of benzene rings is 1. The van der Waals surface area contributed by atoms with E-state index in [1.807, 2.05) is 31.2 Å². The van der Waals surface area contributed by atoms with Crippen molar-refractivity contribution in [3.8, 4) is 0 Å². The summed E-state index contributed by atoms with van der Waals surface area (Å²) in [7, 11) is 0. The Hall–Kier alpha value is -1.84. The fraction of sp³-hybridized carbons (Fsp3) is 0.652. The summed E-state index contributed by atoms with van der Waals surface area (Å²) < 4.78 is 0. The minimum absolute atomic E-state index is 0.0243. The van der Waals surface area contributed by atoms with Crippen molar-refractivity contribution >= 4 is 17.5 Å². The highest BCUT2D eigenvalue weighted by atomic mass is 16.2. The van der Waals surface area contributed by atoms with Crippen LogP contribution in [0.1, 0.15) is 78.2 Å². The van der Waals surface area contributed by atoms with Crippen LogP contribution in [0.2, 0.25) is 0 Å². The number of hydrogen-bond donors (Lipinski definition) is 2. The molecule has 1 saturated carbocycles. The topological polar surface area (TPSA) is 58.2 Å². The van der Waals surface area contributed by atoms with Gasteiger partial charge >= 0.3 is 0 Å². The first-order chi connectivity index (χ1) is 12.8.